The molecule has 1 aromatic heterocycles. The second-order valence-corrected chi connectivity index (χ2v) is 4.46. The first kappa shape index (κ1) is 11.8. The minimum absolute atomic E-state index is 0.0997. The Morgan fingerprint density at radius 2 is 2.24 bits per heavy atom. The zero-order chi connectivity index (χ0) is 12.3. The molecular weight excluding hydrogens is 262 g/mol. The van der Waals surface area contributed by atoms with Crippen LogP contribution in [0.2, 0.25) is 5.15 Å². The summed E-state index contributed by atoms with van der Waals surface area (Å²) in [6, 6.07) is 6.59. The van der Waals surface area contributed by atoms with Gasteiger partial charge in [-0.3, -0.25) is 10.1 Å². The smallest absolute Gasteiger partial charge is 0.274 e. The summed E-state index contributed by atoms with van der Waals surface area (Å²) in [7, 11) is 0. The Hall–Kier alpha value is -1.66. The van der Waals surface area contributed by atoms with E-state index < -0.39 is 4.92 Å². The third kappa shape index (κ3) is 2.92. The van der Waals surface area contributed by atoms with Crippen molar-refractivity contribution in [3.8, 4) is 0 Å². The van der Waals surface area contributed by atoms with E-state index in [0.717, 1.165) is 0 Å². The molecular formula is C10H8ClN3O2S. The van der Waals surface area contributed by atoms with Crippen LogP contribution in [0.4, 0.5) is 10.8 Å². The van der Waals surface area contributed by atoms with Crippen LogP contribution in [-0.4, -0.2) is 9.91 Å². The minimum atomic E-state index is -0.397. The van der Waals surface area contributed by atoms with Crippen LogP contribution in [0.3, 0.4) is 0 Å². The van der Waals surface area contributed by atoms with Gasteiger partial charge < -0.3 is 5.32 Å². The molecule has 0 saturated carbocycles. The number of para-hydroxylation sites is 1. The number of rotatable bonds is 4. The molecule has 0 radical (unpaired) electrons. The van der Waals surface area contributed by atoms with Crippen LogP contribution in [0.25, 0.3) is 0 Å². The molecule has 17 heavy (non-hydrogen) atoms. The number of anilines is 1. The van der Waals surface area contributed by atoms with Crippen molar-refractivity contribution in [2.24, 2.45) is 0 Å². The van der Waals surface area contributed by atoms with Crippen molar-refractivity contribution in [2.45, 2.75) is 6.54 Å². The highest BCUT2D eigenvalue weighted by Crippen LogP contribution is 2.22. The Bertz CT molecular complexity index is 544. The van der Waals surface area contributed by atoms with Crippen molar-refractivity contribution in [1.29, 1.82) is 0 Å². The quantitative estimate of drug-likeness (QED) is 0.683. The zero-order valence-corrected chi connectivity index (χ0v) is 10.2. The summed E-state index contributed by atoms with van der Waals surface area (Å²) in [5, 5.41) is 16.5. The predicted octanol–water partition coefficient (Wildman–Crippen LogP) is 3.32. The SMILES string of the molecule is O=[N+]([O-])c1ccccc1CNc1nc(Cl)cs1. The average Bonchev–Trinajstić information content (AvgIpc) is 2.73. The molecule has 0 saturated heterocycles. The van der Waals surface area contributed by atoms with Gasteiger partial charge in [0.1, 0.15) is 5.15 Å². The Labute approximate surface area is 106 Å². The van der Waals surface area contributed by atoms with Gasteiger partial charge >= 0.3 is 0 Å². The van der Waals surface area contributed by atoms with Crippen LogP contribution in [-0.2, 0) is 6.54 Å². The van der Waals surface area contributed by atoms with E-state index in [1.807, 2.05) is 0 Å². The number of aromatic nitrogens is 1. The first-order valence-electron chi connectivity index (χ1n) is 4.74. The lowest BCUT2D eigenvalue weighted by molar-refractivity contribution is -0.385. The van der Waals surface area contributed by atoms with E-state index in [-0.39, 0.29) is 5.69 Å². The maximum Gasteiger partial charge on any atom is 0.274 e. The monoisotopic (exact) mass is 269 g/mol. The third-order valence-electron chi connectivity index (χ3n) is 2.09. The second kappa shape index (κ2) is 5.11. The fraction of sp³-hybridized carbons (Fsp3) is 0.100. The lowest BCUT2D eigenvalue weighted by Gasteiger charge is -2.03. The van der Waals surface area contributed by atoms with Crippen LogP contribution in [0.1, 0.15) is 5.56 Å². The summed E-state index contributed by atoms with van der Waals surface area (Å²) >= 11 is 7.03. The van der Waals surface area contributed by atoms with E-state index in [2.05, 4.69) is 10.3 Å². The van der Waals surface area contributed by atoms with Crippen LogP contribution in [0.15, 0.2) is 29.6 Å². The van der Waals surface area contributed by atoms with E-state index in [1.165, 1.54) is 17.4 Å². The zero-order valence-electron chi connectivity index (χ0n) is 8.59. The van der Waals surface area contributed by atoms with Gasteiger partial charge in [-0.15, -0.1) is 11.3 Å². The molecule has 1 heterocycles. The highest BCUT2D eigenvalue weighted by molar-refractivity contribution is 7.14. The normalized spacial score (nSPS) is 10.2. The molecule has 0 aliphatic carbocycles. The van der Waals surface area contributed by atoms with Gasteiger partial charge in [-0.2, -0.15) is 0 Å². The fourth-order valence-electron chi connectivity index (χ4n) is 1.34. The summed E-state index contributed by atoms with van der Waals surface area (Å²) in [6.45, 7) is 0.348. The predicted molar refractivity (Wildman–Crippen MR) is 67.5 cm³/mol. The number of nitro groups is 1. The molecule has 2 aromatic rings. The molecule has 0 aliphatic heterocycles. The second-order valence-electron chi connectivity index (χ2n) is 3.21. The molecule has 0 atom stereocenters. The van der Waals surface area contributed by atoms with Gasteiger partial charge in [0.2, 0.25) is 0 Å². The van der Waals surface area contributed by atoms with E-state index in [0.29, 0.717) is 22.4 Å². The number of halogens is 1. The number of hydrogen-bond acceptors (Lipinski definition) is 5. The Balaban J connectivity index is 2.11. The number of thiazole rings is 1. The van der Waals surface area contributed by atoms with Crippen molar-refractivity contribution >= 4 is 33.8 Å². The lowest BCUT2D eigenvalue weighted by Crippen LogP contribution is -2.02. The van der Waals surface area contributed by atoms with Crippen molar-refractivity contribution in [3.05, 3.63) is 50.5 Å². The molecule has 88 valence electrons. The summed E-state index contributed by atoms with van der Waals surface area (Å²) in [5.41, 5.74) is 0.714. The first-order valence-corrected chi connectivity index (χ1v) is 6.00. The van der Waals surface area contributed by atoms with Gasteiger partial charge in [-0.1, -0.05) is 29.8 Å². The third-order valence-corrected chi connectivity index (χ3v) is 3.22. The summed E-state index contributed by atoms with van der Waals surface area (Å²) in [4.78, 5) is 14.4. The molecule has 7 heteroatoms. The Kier molecular flexibility index (Phi) is 3.55. The minimum Gasteiger partial charge on any atom is -0.357 e. The molecule has 0 spiro atoms. The molecule has 0 bridgehead atoms. The largest absolute Gasteiger partial charge is 0.357 e. The van der Waals surface area contributed by atoms with Crippen molar-refractivity contribution in [1.82, 2.24) is 4.98 Å². The first-order chi connectivity index (χ1) is 8.16. The van der Waals surface area contributed by atoms with Crippen LogP contribution >= 0.6 is 22.9 Å². The lowest BCUT2D eigenvalue weighted by atomic mass is 10.2. The summed E-state index contributed by atoms with van der Waals surface area (Å²) in [6.07, 6.45) is 0. The van der Waals surface area contributed by atoms with Crippen molar-refractivity contribution in [2.75, 3.05) is 5.32 Å². The van der Waals surface area contributed by atoms with E-state index in [4.69, 9.17) is 11.6 Å². The molecule has 2 rings (SSSR count). The number of nitrogens with one attached hydrogen (secondary N) is 1. The highest BCUT2D eigenvalue weighted by Gasteiger charge is 2.12. The van der Waals surface area contributed by atoms with Crippen LogP contribution in [0.5, 0.6) is 0 Å². The van der Waals surface area contributed by atoms with E-state index in [1.54, 1.807) is 23.6 Å². The highest BCUT2D eigenvalue weighted by atomic mass is 35.5. The molecule has 5 nitrogen and oxygen atoms in total. The molecule has 0 unspecified atom stereocenters. The molecule has 0 fully saturated rings. The van der Waals surface area contributed by atoms with Crippen molar-refractivity contribution in [3.63, 3.8) is 0 Å². The standard InChI is InChI=1S/C10H8ClN3O2S/c11-9-6-17-10(13-9)12-5-7-3-1-2-4-8(7)14(15)16/h1-4,6H,5H2,(H,12,13). The number of hydrogen-bond donors (Lipinski definition) is 1. The Morgan fingerprint density at radius 1 is 1.47 bits per heavy atom. The average molecular weight is 270 g/mol. The molecule has 0 amide bonds. The van der Waals surface area contributed by atoms with Gasteiger partial charge in [0.15, 0.2) is 5.13 Å². The van der Waals surface area contributed by atoms with E-state index >= 15 is 0 Å². The maximum atomic E-state index is 10.8. The van der Waals surface area contributed by atoms with Gasteiger partial charge in [-0.25, -0.2) is 4.98 Å². The molecule has 0 aliphatic rings. The fourth-order valence-corrected chi connectivity index (χ4v) is 2.18. The summed E-state index contributed by atoms with van der Waals surface area (Å²) < 4.78 is 0. The number of nitro benzene ring substituents is 1. The van der Waals surface area contributed by atoms with Crippen LogP contribution in [0, 0.1) is 10.1 Å². The van der Waals surface area contributed by atoms with Gasteiger partial charge in [-0.05, 0) is 0 Å². The van der Waals surface area contributed by atoms with Gasteiger partial charge in [0.25, 0.3) is 5.69 Å². The Morgan fingerprint density at radius 3 is 2.88 bits per heavy atom. The summed E-state index contributed by atoms with van der Waals surface area (Å²) in [5.74, 6) is 0. The van der Waals surface area contributed by atoms with E-state index in [9.17, 15) is 10.1 Å². The van der Waals surface area contributed by atoms with Crippen molar-refractivity contribution < 1.29 is 4.92 Å². The maximum absolute atomic E-state index is 10.8. The number of benzene rings is 1. The van der Waals surface area contributed by atoms with Gasteiger partial charge in [0, 0.05) is 23.6 Å². The molecule has 1 N–H and O–H groups in total. The number of nitrogens with zero attached hydrogens (tertiary/aromatic N) is 2. The topological polar surface area (TPSA) is 68.1 Å². The van der Waals surface area contributed by atoms with Gasteiger partial charge in [0.05, 0.1) is 4.92 Å². The molecule has 1 aromatic carbocycles. The van der Waals surface area contributed by atoms with Crippen LogP contribution < -0.4 is 5.32 Å².